The van der Waals surface area contributed by atoms with Crippen molar-refractivity contribution in [2.75, 3.05) is 6.61 Å². The minimum absolute atomic E-state index is 0.236. The van der Waals surface area contributed by atoms with E-state index < -0.39 is 0 Å². The molecule has 0 aliphatic rings. The van der Waals surface area contributed by atoms with Crippen LogP contribution >= 0.6 is 0 Å². The molecule has 0 aliphatic carbocycles. The lowest BCUT2D eigenvalue weighted by Crippen LogP contribution is -1.93. The van der Waals surface area contributed by atoms with Crippen LogP contribution in [0.2, 0.25) is 0 Å². The number of rotatable bonds is 3. The van der Waals surface area contributed by atoms with Crippen LogP contribution in [-0.4, -0.2) is 11.7 Å². The largest absolute Gasteiger partial charge is 0.508 e. The molecule has 3 nitrogen and oxygen atoms in total. The summed E-state index contributed by atoms with van der Waals surface area (Å²) in [5.41, 5.74) is 2.83. The first-order chi connectivity index (χ1) is 10.2. The fourth-order valence-corrected chi connectivity index (χ4v) is 2.31. The summed E-state index contributed by atoms with van der Waals surface area (Å²) in [5.74, 6) is 1.76. The van der Waals surface area contributed by atoms with E-state index in [-0.39, 0.29) is 5.75 Å². The molecule has 0 atom stereocenters. The number of hydrogen-bond donors (Lipinski definition) is 1. The molecule has 0 saturated heterocycles. The third kappa shape index (κ3) is 2.68. The van der Waals surface area contributed by atoms with Crippen LogP contribution < -0.4 is 4.74 Å². The normalized spacial score (nSPS) is 10.8. The van der Waals surface area contributed by atoms with Gasteiger partial charge in [-0.1, -0.05) is 6.07 Å². The highest BCUT2D eigenvalue weighted by Crippen LogP contribution is 2.33. The van der Waals surface area contributed by atoms with Gasteiger partial charge in [0.15, 0.2) is 0 Å². The van der Waals surface area contributed by atoms with Crippen molar-refractivity contribution in [3.05, 3.63) is 54.1 Å². The van der Waals surface area contributed by atoms with Crippen LogP contribution in [0.4, 0.5) is 0 Å². The first-order valence-corrected chi connectivity index (χ1v) is 6.97. The van der Waals surface area contributed by atoms with Crippen LogP contribution in [0.1, 0.15) is 12.5 Å². The van der Waals surface area contributed by atoms with E-state index in [1.807, 2.05) is 50.2 Å². The molecule has 0 fully saturated rings. The number of aryl methyl sites for hydroxylation is 1. The van der Waals surface area contributed by atoms with Gasteiger partial charge in [0.25, 0.3) is 0 Å². The Hall–Kier alpha value is -2.55. The Bertz CT molecular complexity index is 776. The lowest BCUT2D eigenvalue weighted by atomic mass is 10.1. The van der Waals surface area contributed by atoms with Gasteiger partial charge in [-0.05, 0) is 49.7 Å². The Balaban J connectivity index is 2.21. The van der Waals surface area contributed by atoms with Crippen molar-refractivity contribution in [3.63, 3.8) is 0 Å². The van der Waals surface area contributed by atoms with Crippen LogP contribution in [0.5, 0.6) is 11.5 Å². The van der Waals surface area contributed by atoms with Gasteiger partial charge in [0, 0.05) is 6.07 Å². The molecule has 1 aromatic heterocycles. The zero-order chi connectivity index (χ0) is 14.8. The van der Waals surface area contributed by atoms with E-state index in [1.165, 1.54) is 0 Å². The molecule has 1 N–H and O–H groups in total. The molecule has 0 amide bonds. The maximum Gasteiger partial charge on any atom is 0.364 e. The fourth-order valence-electron chi connectivity index (χ4n) is 2.31. The van der Waals surface area contributed by atoms with Crippen LogP contribution in [-0.2, 0) is 0 Å². The van der Waals surface area contributed by atoms with Gasteiger partial charge in [0.05, 0.1) is 18.2 Å². The second kappa shape index (κ2) is 5.44. The number of aromatic hydroxyl groups is 1. The molecule has 3 rings (SSSR count). The lowest BCUT2D eigenvalue weighted by molar-refractivity contribution is 0.342. The molecule has 0 saturated carbocycles. The summed E-state index contributed by atoms with van der Waals surface area (Å²) >= 11 is 0. The third-order valence-corrected chi connectivity index (χ3v) is 3.34. The lowest BCUT2D eigenvalue weighted by Gasteiger charge is -2.04. The molecular weight excluding hydrogens is 264 g/mol. The summed E-state index contributed by atoms with van der Waals surface area (Å²) in [6.45, 7) is 4.59. The van der Waals surface area contributed by atoms with Crippen molar-refractivity contribution in [1.82, 2.24) is 0 Å². The van der Waals surface area contributed by atoms with E-state index in [4.69, 9.17) is 9.15 Å². The van der Waals surface area contributed by atoms with Crippen molar-refractivity contribution in [1.29, 1.82) is 0 Å². The summed E-state index contributed by atoms with van der Waals surface area (Å²) in [7, 11) is 0. The highest BCUT2D eigenvalue weighted by molar-refractivity contribution is 5.86. The van der Waals surface area contributed by atoms with Crippen molar-refractivity contribution in [3.8, 4) is 22.8 Å². The van der Waals surface area contributed by atoms with Gasteiger partial charge in [-0.3, -0.25) is 0 Å². The van der Waals surface area contributed by atoms with Crippen molar-refractivity contribution >= 4 is 11.0 Å². The molecule has 0 radical (unpaired) electrons. The van der Waals surface area contributed by atoms with Crippen molar-refractivity contribution in [2.45, 2.75) is 13.8 Å². The minimum atomic E-state index is 0.236. The molecule has 3 heteroatoms. The first kappa shape index (κ1) is 13.4. The van der Waals surface area contributed by atoms with E-state index in [1.54, 1.807) is 12.1 Å². The van der Waals surface area contributed by atoms with Gasteiger partial charge in [-0.2, -0.15) is 0 Å². The number of phenols is 1. The summed E-state index contributed by atoms with van der Waals surface area (Å²) in [6.07, 6.45) is 0. The molecule has 21 heavy (non-hydrogen) atoms. The molecule has 2 aromatic carbocycles. The van der Waals surface area contributed by atoms with E-state index in [9.17, 15) is 5.11 Å². The Morgan fingerprint density at radius 1 is 1.05 bits per heavy atom. The van der Waals surface area contributed by atoms with Crippen LogP contribution in [0.25, 0.3) is 22.3 Å². The number of ether oxygens (including phenoxy) is 1. The topological polar surface area (TPSA) is 40.8 Å². The van der Waals surface area contributed by atoms with E-state index in [2.05, 4.69) is 0 Å². The second-order valence-corrected chi connectivity index (χ2v) is 4.95. The average Bonchev–Trinajstić information content (AvgIpc) is 2.47. The summed E-state index contributed by atoms with van der Waals surface area (Å²) in [6, 6.07) is 14.9. The maximum absolute atomic E-state index is 9.40. The first-order valence-electron chi connectivity index (χ1n) is 6.97. The second-order valence-electron chi connectivity index (χ2n) is 4.95. The highest BCUT2D eigenvalue weighted by atomic mass is 16.5. The molecule has 106 valence electrons. The number of fused-ring (bicyclic) bond motifs is 1. The maximum atomic E-state index is 9.40. The number of phenolic OH excluding ortho intramolecular Hbond substituents is 1. The molecule has 0 bridgehead atoms. The summed E-state index contributed by atoms with van der Waals surface area (Å²) in [5, 5.41) is 10.4. The predicted molar refractivity (Wildman–Crippen MR) is 83.6 cm³/mol. The van der Waals surface area contributed by atoms with Crippen molar-refractivity contribution < 1.29 is 14.3 Å². The Kier molecular flexibility index (Phi) is 3.48. The molecule has 0 unspecified atom stereocenters. The van der Waals surface area contributed by atoms with Gasteiger partial charge in [-0.25, -0.2) is 4.42 Å². The third-order valence-electron chi connectivity index (χ3n) is 3.34. The van der Waals surface area contributed by atoms with Crippen LogP contribution in [0.3, 0.4) is 0 Å². The number of hydrogen-bond acceptors (Lipinski definition) is 2. The SMILES string of the molecule is CCOc1cc(-c2ccc(O)cc2)[o+]c2cc(C)ccc12. The monoisotopic (exact) mass is 281 g/mol. The van der Waals surface area contributed by atoms with Crippen LogP contribution in [0.15, 0.2) is 52.9 Å². The summed E-state index contributed by atoms with van der Waals surface area (Å²) in [4.78, 5) is 0. The average molecular weight is 281 g/mol. The zero-order valence-corrected chi connectivity index (χ0v) is 12.1. The van der Waals surface area contributed by atoms with Crippen LogP contribution in [0, 0.1) is 6.92 Å². The van der Waals surface area contributed by atoms with Crippen molar-refractivity contribution in [2.24, 2.45) is 0 Å². The van der Waals surface area contributed by atoms with E-state index in [0.717, 1.165) is 33.6 Å². The van der Waals surface area contributed by atoms with Gasteiger partial charge in [0.2, 0.25) is 0 Å². The predicted octanol–water partition coefficient (Wildman–Crippen LogP) is 4.79. The quantitative estimate of drug-likeness (QED) is 0.701. The van der Waals surface area contributed by atoms with Gasteiger partial charge in [-0.15, -0.1) is 0 Å². The van der Waals surface area contributed by atoms with E-state index >= 15 is 0 Å². The highest BCUT2D eigenvalue weighted by Gasteiger charge is 2.20. The Morgan fingerprint density at radius 3 is 2.52 bits per heavy atom. The molecule has 3 aromatic rings. The van der Waals surface area contributed by atoms with Gasteiger partial charge >= 0.3 is 11.3 Å². The molecule has 1 heterocycles. The molecular formula is C18H17O3+. The number of benzene rings is 2. The van der Waals surface area contributed by atoms with Gasteiger partial charge < -0.3 is 9.84 Å². The standard InChI is InChI=1S/C18H16O3/c1-3-20-17-11-16(13-5-7-14(19)8-6-13)21-18-10-12(2)4-9-15(17)18/h4-11H,3H2,1-2H3/p+1. The minimum Gasteiger partial charge on any atom is -0.508 e. The zero-order valence-electron chi connectivity index (χ0n) is 12.1. The van der Waals surface area contributed by atoms with Gasteiger partial charge in [0.1, 0.15) is 16.9 Å². The van der Waals surface area contributed by atoms with E-state index in [0.29, 0.717) is 6.61 Å². The smallest absolute Gasteiger partial charge is 0.364 e. The Labute approximate surface area is 123 Å². The Morgan fingerprint density at radius 2 is 1.81 bits per heavy atom. The summed E-state index contributed by atoms with van der Waals surface area (Å²) < 4.78 is 11.7. The molecule has 0 aliphatic heterocycles. The molecule has 0 spiro atoms. The fraction of sp³-hybridized carbons (Fsp3) is 0.167.